The summed E-state index contributed by atoms with van der Waals surface area (Å²) >= 11 is 9.57. The summed E-state index contributed by atoms with van der Waals surface area (Å²) in [5.41, 5.74) is 4.23. The number of likely N-dealkylation sites (N-methyl/N-ethyl adjacent to an activating group) is 2. The molecule has 0 radical (unpaired) electrons. The number of fused-ring (bicyclic) bond motifs is 1. The van der Waals surface area contributed by atoms with Crippen LogP contribution in [0.4, 0.5) is 4.79 Å². The van der Waals surface area contributed by atoms with E-state index in [2.05, 4.69) is 31.1 Å². The zero-order valence-electron chi connectivity index (χ0n) is 18.5. The molecule has 2 aliphatic heterocycles. The number of hydrogen-bond donors (Lipinski definition) is 1. The second-order valence-corrected chi connectivity index (χ2v) is 8.82. The van der Waals surface area contributed by atoms with Crippen molar-refractivity contribution in [2.45, 2.75) is 12.6 Å². The van der Waals surface area contributed by atoms with Crippen LogP contribution in [-0.2, 0) is 11.3 Å². The second kappa shape index (κ2) is 9.38. The van der Waals surface area contributed by atoms with Gasteiger partial charge >= 0.3 is 17.8 Å². The van der Waals surface area contributed by atoms with E-state index in [-0.39, 0.29) is 29.8 Å². The molecule has 0 bridgehead atoms. The molecule has 2 aromatic rings. The highest BCUT2D eigenvalue weighted by Gasteiger charge is 2.54. The molecule has 1 unspecified atom stereocenters. The molecule has 2 aromatic carbocycles. The summed E-state index contributed by atoms with van der Waals surface area (Å²) in [7, 11) is 4.40. The monoisotopic (exact) mass is 546 g/mol. The van der Waals surface area contributed by atoms with Gasteiger partial charge in [0.15, 0.2) is 0 Å². The molecule has 34 heavy (non-hydrogen) atoms. The number of hydrogen-bond acceptors (Lipinski definition) is 7. The highest BCUT2D eigenvalue weighted by atomic mass is 79.9. The topological polar surface area (TPSA) is 115 Å². The van der Waals surface area contributed by atoms with Gasteiger partial charge < -0.3 is 9.84 Å². The summed E-state index contributed by atoms with van der Waals surface area (Å²) in [5, 5.41) is 16.8. The lowest BCUT2D eigenvalue weighted by molar-refractivity contribution is -0.271. The standard InChI is InChI=1S/C22H20BrClN6O4/c1-28-19-17(20(32)29(2)22(28)33)30(11-13-6-4-5-7-15(13)24)21(26-19)27-25-10-12-8-14(23)18(31)16(9-12)34-3/h4-10,17H,11H2,1-3H3,(H,25,31). The maximum Gasteiger partial charge on any atom is 0.421 e. The summed E-state index contributed by atoms with van der Waals surface area (Å²) in [6, 6.07) is 9.13. The fourth-order valence-electron chi connectivity index (χ4n) is 3.64. The number of halogens is 2. The minimum atomic E-state index is -0.823. The van der Waals surface area contributed by atoms with Crippen LogP contribution < -0.4 is 19.9 Å². The first kappa shape index (κ1) is 23.6. The average Bonchev–Trinajstić information content (AvgIpc) is 3.18. The Morgan fingerprint density at radius 1 is 1.26 bits per heavy atom. The molecule has 0 saturated carbocycles. The Kier molecular flexibility index (Phi) is 6.52. The number of rotatable bonds is 5. The fourth-order valence-corrected chi connectivity index (χ4v) is 4.30. The van der Waals surface area contributed by atoms with Crippen LogP contribution in [0, 0.1) is 0 Å². The molecule has 1 saturated heterocycles. The normalized spacial score (nSPS) is 17.8. The Morgan fingerprint density at radius 3 is 2.71 bits per heavy atom. The van der Waals surface area contributed by atoms with Gasteiger partial charge in [-0.3, -0.25) is 9.69 Å². The van der Waals surface area contributed by atoms with E-state index in [1.807, 2.05) is 18.2 Å². The third kappa shape index (κ3) is 4.21. The Hall–Kier alpha value is -3.53. The predicted octanol–water partition coefficient (Wildman–Crippen LogP) is 1.34. The molecule has 0 spiro atoms. The molecule has 2 heterocycles. The van der Waals surface area contributed by atoms with Gasteiger partial charge in [-0.05, 0) is 18.2 Å². The van der Waals surface area contributed by atoms with Crippen LogP contribution in [0.3, 0.4) is 0 Å². The van der Waals surface area contributed by atoms with Crippen molar-refractivity contribution in [2.24, 2.45) is 5.10 Å². The summed E-state index contributed by atoms with van der Waals surface area (Å²) < 4.78 is 9.93. The number of ether oxygens (including phenoxy) is 1. The third-order valence-electron chi connectivity index (χ3n) is 5.46. The Bertz CT molecular complexity index is 1280. The number of carbonyl (C=O) groups is 2. The van der Waals surface area contributed by atoms with E-state index in [4.69, 9.17) is 16.3 Å². The Labute approximate surface area is 208 Å². The van der Waals surface area contributed by atoms with Crippen molar-refractivity contribution in [3.63, 3.8) is 0 Å². The van der Waals surface area contributed by atoms with Crippen molar-refractivity contribution < 1.29 is 19.4 Å². The minimum absolute atomic E-state index is 0.171. The average molecular weight is 548 g/mol. The van der Waals surface area contributed by atoms with E-state index in [0.717, 1.165) is 10.5 Å². The molecular weight excluding hydrogens is 528 g/mol. The number of amidine groups is 1. The first-order valence-corrected chi connectivity index (χ1v) is 11.2. The second-order valence-electron chi connectivity index (χ2n) is 7.56. The van der Waals surface area contributed by atoms with Crippen LogP contribution in [0.15, 0.2) is 46.0 Å². The van der Waals surface area contributed by atoms with Crippen molar-refractivity contribution >= 4 is 57.5 Å². The summed E-state index contributed by atoms with van der Waals surface area (Å²) in [6.07, 6.45) is 1.48. The van der Waals surface area contributed by atoms with Crippen molar-refractivity contribution in [3.8, 4) is 11.5 Å². The molecule has 3 amide bonds. The van der Waals surface area contributed by atoms with E-state index < -0.39 is 18.0 Å². The SMILES string of the molecule is COc1cc(/C=N/NC2=[N+]=C3C(C(=O)N(C)C(=O)N3C)N2Cc2ccccc2Cl)cc(Br)c1[O-]. The van der Waals surface area contributed by atoms with Gasteiger partial charge in [0, 0.05) is 27.7 Å². The molecule has 1 N–H and O–H groups in total. The minimum Gasteiger partial charge on any atom is -0.869 e. The van der Waals surface area contributed by atoms with Crippen LogP contribution in [0.5, 0.6) is 11.5 Å². The van der Waals surface area contributed by atoms with Gasteiger partial charge in [-0.1, -0.05) is 51.5 Å². The number of nitrogens with zero attached hydrogens (tertiary/aromatic N) is 5. The quantitative estimate of drug-likeness (QED) is 0.343. The Balaban J connectivity index is 1.66. The van der Waals surface area contributed by atoms with E-state index >= 15 is 0 Å². The van der Waals surface area contributed by atoms with Gasteiger partial charge in [-0.15, -0.1) is 5.10 Å². The largest absolute Gasteiger partial charge is 0.869 e. The van der Waals surface area contributed by atoms with Crippen molar-refractivity contribution in [1.29, 1.82) is 0 Å². The number of urea groups is 1. The molecule has 0 aromatic heterocycles. The lowest BCUT2D eigenvalue weighted by Crippen LogP contribution is -2.63. The number of carbonyl (C=O) groups excluding carboxylic acids is 2. The van der Waals surface area contributed by atoms with Gasteiger partial charge in [0.2, 0.25) is 6.04 Å². The first-order chi connectivity index (χ1) is 16.2. The summed E-state index contributed by atoms with van der Waals surface area (Å²) in [6.45, 7) is 0.251. The van der Waals surface area contributed by atoms with Gasteiger partial charge in [-0.2, -0.15) is 5.43 Å². The summed E-state index contributed by atoms with van der Waals surface area (Å²) in [5.74, 6) is 0.0533. The number of benzene rings is 2. The van der Waals surface area contributed by atoms with Crippen LogP contribution in [-0.4, -0.2) is 71.9 Å². The molecule has 12 heteroatoms. The fraction of sp³-hybridized carbons (Fsp3) is 0.227. The maximum absolute atomic E-state index is 13.0. The van der Waals surface area contributed by atoms with E-state index in [0.29, 0.717) is 15.1 Å². The van der Waals surface area contributed by atoms with E-state index in [9.17, 15) is 14.7 Å². The number of amides is 3. The maximum atomic E-state index is 13.0. The van der Waals surface area contributed by atoms with Crippen LogP contribution in [0.1, 0.15) is 11.1 Å². The highest BCUT2D eigenvalue weighted by molar-refractivity contribution is 9.10. The third-order valence-corrected chi connectivity index (χ3v) is 6.42. The lowest BCUT2D eigenvalue weighted by Gasteiger charge is -2.31. The molecule has 2 aliphatic rings. The van der Waals surface area contributed by atoms with Crippen molar-refractivity contribution in [2.75, 3.05) is 21.2 Å². The predicted molar refractivity (Wildman–Crippen MR) is 130 cm³/mol. The zero-order chi connectivity index (χ0) is 24.6. The summed E-state index contributed by atoms with van der Waals surface area (Å²) in [4.78, 5) is 29.5. The van der Waals surface area contributed by atoms with Crippen LogP contribution in [0.2, 0.25) is 5.02 Å². The number of imide groups is 1. The molecule has 1 fully saturated rings. The first-order valence-electron chi connectivity index (χ1n) is 10.1. The molecule has 10 nitrogen and oxygen atoms in total. The molecule has 176 valence electrons. The molecule has 0 aliphatic carbocycles. The molecule has 1 atom stereocenters. The van der Waals surface area contributed by atoms with Crippen molar-refractivity contribution in [3.05, 3.63) is 57.0 Å². The van der Waals surface area contributed by atoms with Crippen molar-refractivity contribution in [1.82, 2.24) is 24.8 Å². The van der Waals surface area contributed by atoms with Crippen LogP contribution in [0.25, 0.3) is 0 Å². The number of hydrazone groups is 1. The van der Waals surface area contributed by atoms with Gasteiger partial charge in [0.25, 0.3) is 5.91 Å². The lowest BCUT2D eigenvalue weighted by atomic mass is 10.1. The highest BCUT2D eigenvalue weighted by Crippen LogP contribution is 2.32. The van der Waals surface area contributed by atoms with Gasteiger partial charge in [0.05, 0.1) is 26.9 Å². The number of nitrogens with one attached hydrogen (secondary N) is 1. The number of methoxy groups -OCH3 is 1. The van der Waals surface area contributed by atoms with E-state index in [1.54, 1.807) is 30.1 Å². The zero-order valence-corrected chi connectivity index (χ0v) is 20.8. The molecular formula is C22H20BrClN6O4. The van der Waals surface area contributed by atoms with Gasteiger partial charge in [-0.25, -0.2) is 19.3 Å². The number of guanidine groups is 1. The molecule has 4 rings (SSSR count). The van der Waals surface area contributed by atoms with Crippen LogP contribution >= 0.6 is 27.5 Å². The smallest absolute Gasteiger partial charge is 0.421 e. The Morgan fingerprint density at radius 2 is 2.00 bits per heavy atom. The van der Waals surface area contributed by atoms with Gasteiger partial charge in [0.1, 0.15) is 5.75 Å². The van der Waals surface area contributed by atoms with E-state index in [1.165, 1.54) is 25.3 Å².